The zero-order valence-corrected chi connectivity index (χ0v) is 24.2. The molecule has 2 aromatic carbocycles. The average Bonchev–Trinajstić information content (AvgIpc) is 3.26. The summed E-state index contributed by atoms with van der Waals surface area (Å²) in [7, 11) is -1.55. The van der Waals surface area contributed by atoms with E-state index >= 15 is 0 Å². The molecule has 2 aromatic heterocycles. The molecular weight excluding hydrogens is 530 g/mol. The lowest BCUT2D eigenvalue weighted by Crippen LogP contribution is -2.33. The van der Waals surface area contributed by atoms with Crippen molar-refractivity contribution in [3.05, 3.63) is 76.5 Å². The number of fused-ring (bicyclic) bond motifs is 2. The quantitative estimate of drug-likeness (QED) is 0.285. The third-order valence-corrected chi connectivity index (χ3v) is 9.22. The monoisotopic (exact) mass is 565 g/mol. The Labute approximate surface area is 235 Å². The van der Waals surface area contributed by atoms with Gasteiger partial charge in [-0.1, -0.05) is 40.3 Å². The van der Waals surface area contributed by atoms with Gasteiger partial charge in [0, 0.05) is 25.7 Å². The number of carbonyl (C=O) groups is 1. The van der Waals surface area contributed by atoms with Crippen LogP contribution >= 0.6 is 10.8 Å². The van der Waals surface area contributed by atoms with Crippen molar-refractivity contribution in [2.24, 2.45) is 7.05 Å². The molecule has 2 atom stereocenters. The molecule has 1 aliphatic rings. The molecule has 10 nitrogen and oxygen atoms in total. The fourth-order valence-electron chi connectivity index (χ4n) is 5.28. The van der Waals surface area contributed by atoms with Crippen LogP contribution in [0.3, 0.4) is 0 Å². The summed E-state index contributed by atoms with van der Waals surface area (Å²) in [5.74, 6) is -0.199. The zero-order chi connectivity index (χ0) is 28.6. The van der Waals surface area contributed by atoms with Gasteiger partial charge in [-0.2, -0.15) is 4.31 Å². The van der Waals surface area contributed by atoms with E-state index in [1.807, 2.05) is 58.2 Å². The number of aromatic nitrogens is 4. The first-order valence-electron chi connectivity index (χ1n) is 13.3. The first-order valence-corrected chi connectivity index (χ1v) is 14.8. The molecular formula is C29H35N5O5S. The number of aryl methyl sites for hydroxylation is 3. The lowest BCUT2D eigenvalue weighted by atomic mass is 9.84. The van der Waals surface area contributed by atoms with Crippen LogP contribution in [0.15, 0.2) is 53.7 Å². The summed E-state index contributed by atoms with van der Waals surface area (Å²) in [6.45, 7) is 8.55. The second kappa shape index (κ2) is 11.2. The molecule has 0 radical (unpaired) electrons. The minimum absolute atomic E-state index is 0.140. The largest absolute Gasteiger partial charge is 0.486 e. The topological polar surface area (TPSA) is 123 Å². The molecule has 0 fully saturated rings. The van der Waals surface area contributed by atoms with Crippen LogP contribution in [0.1, 0.15) is 54.0 Å². The van der Waals surface area contributed by atoms with Gasteiger partial charge in [0.15, 0.2) is 5.75 Å². The van der Waals surface area contributed by atoms with E-state index < -0.39 is 10.8 Å². The Morgan fingerprint density at radius 1 is 1.23 bits per heavy atom. The van der Waals surface area contributed by atoms with E-state index in [1.54, 1.807) is 28.0 Å². The Bertz CT molecular complexity index is 1560. The van der Waals surface area contributed by atoms with Crippen LogP contribution in [0.2, 0.25) is 0 Å². The first-order chi connectivity index (χ1) is 19.1. The minimum atomic E-state index is -3.40. The lowest BCUT2D eigenvalue weighted by Gasteiger charge is -2.40. The summed E-state index contributed by atoms with van der Waals surface area (Å²) in [6, 6.07) is 13.5. The molecule has 1 aliphatic heterocycles. The van der Waals surface area contributed by atoms with Gasteiger partial charge in [0.05, 0.1) is 25.1 Å². The summed E-state index contributed by atoms with van der Waals surface area (Å²) in [5.41, 5.74) is 6.46. The Morgan fingerprint density at radius 3 is 2.80 bits per heavy atom. The van der Waals surface area contributed by atoms with Gasteiger partial charge in [-0.25, -0.2) is 9.67 Å². The van der Waals surface area contributed by atoms with Gasteiger partial charge in [-0.15, -0.1) is 5.10 Å². The van der Waals surface area contributed by atoms with Crippen LogP contribution < -0.4 is 4.74 Å². The van der Waals surface area contributed by atoms with Crippen molar-refractivity contribution in [3.8, 4) is 5.75 Å². The fraction of sp³-hybridized carbons (Fsp3) is 0.379. The SMILES string of the molecule is CCOC(=O)CC(c1ccc(C)c(CN2CC(C)Oc3cccnc3S2(O)O)c1)c1ccc2c(nnn2C)c1C. The van der Waals surface area contributed by atoms with Crippen LogP contribution in [0.5, 0.6) is 5.75 Å². The van der Waals surface area contributed by atoms with Crippen LogP contribution in [0, 0.1) is 13.8 Å². The van der Waals surface area contributed by atoms with E-state index in [1.165, 1.54) is 6.20 Å². The number of carbonyl (C=O) groups excluding carboxylic acids is 1. The highest BCUT2D eigenvalue weighted by Crippen LogP contribution is 2.56. The van der Waals surface area contributed by atoms with Gasteiger partial charge in [-0.3, -0.25) is 13.9 Å². The average molecular weight is 566 g/mol. The van der Waals surface area contributed by atoms with Gasteiger partial charge in [0.25, 0.3) is 0 Å². The van der Waals surface area contributed by atoms with Gasteiger partial charge >= 0.3 is 5.97 Å². The number of benzene rings is 2. The smallest absolute Gasteiger partial charge is 0.306 e. The van der Waals surface area contributed by atoms with Crippen LogP contribution in [-0.4, -0.2) is 58.6 Å². The number of ether oxygens (including phenoxy) is 2. The number of hydrogen-bond donors (Lipinski definition) is 2. The molecule has 3 heterocycles. The highest BCUT2D eigenvalue weighted by molar-refractivity contribution is 8.22. The van der Waals surface area contributed by atoms with Crippen LogP contribution in [-0.2, 0) is 23.1 Å². The number of esters is 1. The molecule has 4 aromatic rings. The maximum Gasteiger partial charge on any atom is 0.306 e. The second-order valence-electron chi connectivity index (χ2n) is 10.2. The van der Waals surface area contributed by atoms with Crippen molar-refractivity contribution in [1.82, 2.24) is 24.3 Å². The molecule has 0 saturated heterocycles. The zero-order valence-electron chi connectivity index (χ0n) is 23.4. The van der Waals surface area contributed by atoms with E-state index in [0.717, 1.165) is 38.9 Å². The van der Waals surface area contributed by atoms with E-state index in [0.29, 0.717) is 18.9 Å². The minimum Gasteiger partial charge on any atom is -0.486 e. The van der Waals surface area contributed by atoms with Gasteiger partial charge in [0.2, 0.25) is 5.03 Å². The number of rotatable bonds is 7. The van der Waals surface area contributed by atoms with E-state index in [-0.39, 0.29) is 36.0 Å². The molecule has 0 amide bonds. The molecule has 0 aliphatic carbocycles. The molecule has 0 spiro atoms. The van der Waals surface area contributed by atoms with Crippen molar-refractivity contribution < 1.29 is 23.4 Å². The Hall–Kier alpha value is -3.51. The van der Waals surface area contributed by atoms with E-state index in [9.17, 15) is 13.9 Å². The third kappa shape index (κ3) is 5.29. The molecule has 2 N–H and O–H groups in total. The lowest BCUT2D eigenvalue weighted by molar-refractivity contribution is -0.143. The molecule has 0 saturated carbocycles. The van der Waals surface area contributed by atoms with Crippen molar-refractivity contribution in [2.45, 2.75) is 57.7 Å². The van der Waals surface area contributed by atoms with Gasteiger partial charge in [0.1, 0.15) is 11.6 Å². The first kappa shape index (κ1) is 28.0. The Kier molecular flexibility index (Phi) is 7.83. The van der Waals surface area contributed by atoms with Crippen molar-refractivity contribution >= 4 is 27.8 Å². The molecule has 212 valence electrons. The normalized spacial score (nSPS) is 18.4. The van der Waals surface area contributed by atoms with Crippen LogP contribution in [0.4, 0.5) is 0 Å². The summed E-state index contributed by atoms with van der Waals surface area (Å²) < 4.78 is 37.4. The summed E-state index contributed by atoms with van der Waals surface area (Å²) in [4.78, 5) is 17.0. The molecule has 40 heavy (non-hydrogen) atoms. The van der Waals surface area contributed by atoms with Gasteiger partial charge < -0.3 is 9.47 Å². The third-order valence-electron chi connectivity index (χ3n) is 7.40. The summed E-state index contributed by atoms with van der Waals surface area (Å²) in [5, 5.41) is 8.65. The predicted molar refractivity (Wildman–Crippen MR) is 153 cm³/mol. The highest BCUT2D eigenvalue weighted by Gasteiger charge is 2.35. The molecule has 11 heteroatoms. The highest BCUT2D eigenvalue weighted by atomic mass is 32.3. The molecule has 0 bridgehead atoms. The Morgan fingerprint density at radius 2 is 2.02 bits per heavy atom. The van der Waals surface area contributed by atoms with Crippen LogP contribution in [0.25, 0.3) is 11.0 Å². The predicted octanol–water partition coefficient (Wildman–Crippen LogP) is 5.37. The van der Waals surface area contributed by atoms with E-state index in [4.69, 9.17) is 9.47 Å². The molecule has 2 unspecified atom stereocenters. The van der Waals surface area contributed by atoms with Gasteiger partial charge in [-0.05, 0) is 73.7 Å². The maximum absolute atomic E-state index is 12.8. The molecule has 5 rings (SSSR count). The summed E-state index contributed by atoms with van der Waals surface area (Å²) >= 11 is 0. The van der Waals surface area contributed by atoms with Crippen molar-refractivity contribution in [2.75, 3.05) is 13.2 Å². The fourth-order valence-corrected chi connectivity index (χ4v) is 6.85. The number of pyridine rings is 1. The standard InChI is InChI=1S/C29H35N5O5S/c1-6-38-27(35)15-24(23-11-12-25-28(20(23)4)31-32-33(25)5)21-10-9-18(2)22(14-21)17-34-16-19(3)39-26-8-7-13-30-29(26)40(34,36)37/h7-14,19,24,36-37H,6,15-17H2,1-5H3. The second-order valence-corrected chi connectivity index (χ2v) is 12.1. The van der Waals surface area contributed by atoms with Crippen molar-refractivity contribution in [3.63, 3.8) is 0 Å². The number of hydrogen-bond acceptors (Lipinski definition) is 9. The van der Waals surface area contributed by atoms with Crippen molar-refractivity contribution in [1.29, 1.82) is 0 Å². The maximum atomic E-state index is 12.8. The summed E-state index contributed by atoms with van der Waals surface area (Å²) in [6.07, 6.45) is 1.41. The Balaban J connectivity index is 1.55. The number of nitrogens with zero attached hydrogens (tertiary/aromatic N) is 5. The van der Waals surface area contributed by atoms with E-state index in [2.05, 4.69) is 15.3 Å².